The Morgan fingerprint density at radius 2 is 1.92 bits per heavy atom. The molecule has 1 fully saturated rings. The Balaban J connectivity index is 1.80. The van der Waals surface area contributed by atoms with Gasteiger partial charge in [-0.05, 0) is 82.6 Å². The van der Waals surface area contributed by atoms with E-state index in [1.165, 1.54) is 10.6 Å². The molecule has 0 heterocycles. The Labute approximate surface area is 219 Å². The van der Waals surface area contributed by atoms with Gasteiger partial charge < -0.3 is 15.4 Å². The predicted octanol–water partition coefficient (Wildman–Crippen LogP) is 4.42. The van der Waals surface area contributed by atoms with Gasteiger partial charge in [-0.3, -0.25) is 15.5 Å². The second kappa shape index (κ2) is 12.3. The van der Waals surface area contributed by atoms with Crippen LogP contribution in [0.4, 0.5) is 10.5 Å². The summed E-state index contributed by atoms with van der Waals surface area (Å²) in [5, 5.41) is 10.4. The minimum absolute atomic E-state index is 0.0501. The molecule has 0 spiro atoms. The third kappa shape index (κ3) is 8.13. The molecule has 1 saturated carbocycles. The molecule has 1 unspecified atom stereocenters. The summed E-state index contributed by atoms with van der Waals surface area (Å²) in [7, 11) is 1.71. The number of nitrogens with two attached hydrogens (primary N) is 1. The van der Waals surface area contributed by atoms with Crippen molar-refractivity contribution in [2.75, 3.05) is 25.5 Å². The number of hydrogen-bond acceptors (Lipinski definition) is 7. The normalized spacial score (nSPS) is 17.0. The molecule has 2 aliphatic carbocycles. The van der Waals surface area contributed by atoms with Crippen molar-refractivity contribution in [1.82, 2.24) is 15.2 Å². The molecule has 202 valence electrons. The highest BCUT2D eigenvalue weighted by Crippen LogP contribution is 2.48. The molecule has 1 aromatic carbocycles. The molecule has 10 nitrogen and oxygen atoms in total. The summed E-state index contributed by atoms with van der Waals surface area (Å²) in [6.07, 6.45) is 6.94. The first kappa shape index (κ1) is 28.3. The van der Waals surface area contributed by atoms with E-state index >= 15 is 0 Å². The molecule has 0 saturated heterocycles. The Morgan fingerprint density at radius 1 is 1.19 bits per heavy atom. The highest BCUT2D eigenvalue weighted by molar-refractivity contribution is 5.78. The number of aryl methyl sites for hydroxylation is 1. The van der Waals surface area contributed by atoms with E-state index in [1.54, 1.807) is 11.9 Å². The van der Waals surface area contributed by atoms with E-state index in [9.17, 15) is 14.5 Å². The van der Waals surface area contributed by atoms with Crippen molar-refractivity contribution < 1.29 is 14.3 Å². The number of hydrazine groups is 1. The summed E-state index contributed by atoms with van der Waals surface area (Å²) >= 11 is 0. The molecule has 0 aliphatic heterocycles. The number of nitroso groups, excluding NO2 is 1. The zero-order chi connectivity index (χ0) is 27.2. The smallest absolute Gasteiger partial charge is 0.320 e. The topological polar surface area (TPSA) is 129 Å². The molecule has 0 radical (unpaired) electrons. The molecule has 3 amide bonds. The third-order valence-electron chi connectivity index (χ3n) is 6.79. The van der Waals surface area contributed by atoms with Gasteiger partial charge in [-0.2, -0.15) is 0 Å². The number of carbonyl (C=O) groups excluding carboxylic acids is 2. The molecule has 4 N–H and O–H groups in total. The minimum Gasteiger partial charge on any atom is -0.491 e. The van der Waals surface area contributed by atoms with E-state index < -0.39 is 17.6 Å². The lowest BCUT2D eigenvalue weighted by atomic mass is 9.99. The van der Waals surface area contributed by atoms with Crippen LogP contribution in [0, 0.1) is 17.2 Å². The van der Waals surface area contributed by atoms with Gasteiger partial charge in [0.2, 0.25) is 0 Å². The summed E-state index contributed by atoms with van der Waals surface area (Å²) in [4.78, 5) is 37.4. The number of nitrogens with zero attached hydrogens (tertiary/aromatic N) is 3. The van der Waals surface area contributed by atoms with Gasteiger partial charge in [0.05, 0.1) is 6.10 Å². The molecular formula is C27H40N6O4. The van der Waals surface area contributed by atoms with Gasteiger partial charge in [0.1, 0.15) is 5.75 Å². The zero-order valence-electron chi connectivity index (χ0n) is 22.5. The van der Waals surface area contributed by atoms with Gasteiger partial charge in [0.15, 0.2) is 6.29 Å². The number of carbonyl (C=O) groups is 2. The van der Waals surface area contributed by atoms with Gasteiger partial charge in [0, 0.05) is 37.4 Å². The number of urea groups is 1. The number of benzene rings is 1. The molecular weight excluding hydrogens is 472 g/mol. The van der Waals surface area contributed by atoms with E-state index in [0.717, 1.165) is 48.3 Å². The molecule has 2 aliphatic rings. The van der Waals surface area contributed by atoms with Crippen molar-refractivity contribution in [3.63, 3.8) is 0 Å². The Bertz CT molecular complexity index is 1060. The molecule has 0 bridgehead atoms. The fourth-order valence-electron chi connectivity index (χ4n) is 4.39. The standard InChI is InChI=1S/C27H40N6O4/c1-18(2)37-23-11-10-22(14-20(23)4)30-25(32(5)28)33(16-21-8-6-19(3)7-9-21)26(35)29-17-27(12-13-27)15-24(34)31-36/h6,8,10-11,14,18,25,30H,7,9,12-13,15-17,28H2,1-5H3,(H,29,35). The van der Waals surface area contributed by atoms with Crippen LogP contribution < -0.4 is 21.2 Å². The van der Waals surface area contributed by atoms with Crippen LogP contribution in [0.2, 0.25) is 0 Å². The second-order valence-corrected chi connectivity index (χ2v) is 10.6. The highest BCUT2D eigenvalue weighted by Gasteiger charge is 2.45. The maximum Gasteiger partial charge on any atom is 0.320 e. The van der Waals surface area contributed by atoms with Crippen molar-refractivity contribution >= 4 is 17.6 Å². The first-order valence-electron chi connectivity index (χ1n) is 12.8. The number of hydrogen-bond donors (Lipinski definition) is 3. The van der Waals surface area contributed by atoms with Crippen molar-refractivity contribution in [3.8, 4) is 5.75 Å². The lowest BCUT2D eigenvalue weighted by Crippen LogP contribution is -2.59. The van der Waals surface area contributed by atoms with E-state index in [-0.39, 0.29) is 18.6 Å². The van der Waals surface area contributed by atoms with Gasteiger partial charge >= 0.3 is 6.03 Å². The molecule has 1 atom stereocenters. The Morgan fingerprint density at radius 3 is 2.46 bits per heavy atom. The number of rotatable bonds is 12. The summed E-state index contributed by atoms with van der Waals surface area (Å²) in [6, 6.07) is 5.46. The highest BCUT2D eigenvalue weighted by atomic mass is 16.5. The Hall–Kier alpha value is -3.24. The molecule has 3 rings (SSSR count). The molecule has 1 aromatic rings. The van der Waals surface area contributed by atoms with Gasteiger partial charge in [-0.15, -0.1) is 4.91 Å². The number of allylic oxidation sites excluding steroid dienone is 3. The van der Waals surface area contributed by atoms with Crippen LogP contribution in [-0.2, 0) is 4.79 Å². The van der Waals surface area contributed by atoms with E-state index in [4.69, 9.17) is 10.6 Å². The first-order valence-corrected chi connectivity index (χ1v) is 12.8. The number of ether oxygens (including phenoxy) is 1. The molecule has 10 heteroatoms. The van der Waals surface area contributed by atoms with Gasteiger partial charge in [-0.25, -0.2) is 9.80 Å². The molecule has 37 heavy (non-hydrogen) atoms. The Kier molecular flexibility index (Phi) is 9.45. The van der Waals surface area contributed by atoms with Crippen molar-refractivity contribution in [2.45, 2.75) is 72.2 Å². The number of amides is 3. The predicted molar refractivity (Wildman–Crippen MR) is 145 cm³/mol. The van der Waals surface area contributed by atoms with E-state index in [0.29, 0.717) is 13.1 Å². The van der Waals surface area contributed by atoms with Crippen LogP contribution >= 0.6 is 0 Å². The fourth-order valence-corrected chi connectivity index (χ4v) is 4.39. The van der Waals surface area contributed by atoms with Crippen LogP contribution in [0.25, 0.3) is 0 Å². The third-order valence-corrected chi connectivity index (χ3v) is 6.79. The quantitative estimate of drug-likeness (QED) is 0.164. The van der Waals surface area contributed by atoms with Crippen molar-refractivity contribution in [1.29, 1.82) is 0 Å². The lowest BCUT2D eigenvalue weighted by Gasteiger charge is -2.37. The first-order chi connectivity index (χ1) is 17.5. The second-order valence-electron chi connectivity index (χ2n) is 10.6. The van der Waals surface area contributed by atoms with Crippen molar-refractivity contribution in [3.05, 3.63) is 52.0 Å². The van der Waals surface area contributed by atoms with Crippen LogP contribution in [0.1, 0.15) is 58.4 Å². The maximum absolute atomic E-state index is 13.5. The van der Waals surface area contributed by atoms with Crippen LogP contribution in [0.15, 0.2) is 46.7 Å². The summed E-state index contributed by atoms with van der Waals surface area (Å²) in [6.45, 7) is 8.70. The SMILES string of the molecule is CC1=CC=C(CN(C(=O)NCC2(CC(=O)N=O)CC2)C(Nc2ccc(OC(C)C)c(C)c2)N(C)N)CC1. The van der Waals surface area contributed by atoms with E-state index in [1.807, 2.05) is 39.0 Å². The average Bonchev–Trinajstić information content (AvgIpc) is 3.61. The monoisotopic (exact) mass is 512 g/mol. The maximum atomic E-state index is 13.5. The summed E-state index contributed by atoms with van der Waals surface area (Å²) in [5.41, 5.74) is 3.79. The molecule has 0 aromatic heterocycles. The zero-order valence-corrected chi connectivity index (χ0v) is 22.5. The number of anilines is 1. The van der Waals surface area contributed by atoms with Crippen LogP contribution in [-0.4, -0.2) is 54.4 Å². The average molecular weight is 513 g/mol. The minimum atomic E-state index is -0.681. The van der Waals surface area contributed by atoms with Gasteiger partial charge in [0.25, 0.3) is 5.91 Å². The summed E-state index contributed by atoms with van der Waals surface area (Å²) in [5.74, 6) is 6.39. The fraction of sp³-hybridized carbons (Fsp3) is 0.556. The van der Waals surface area contributed by atoms with E-state index in [2.05, 4.69) is 34.9 Å². The van der Waals surface area contributed by atoms with Crippen LogP contribution in [0.5, 0.6) is 5.75 Å². The lowest BCUT2D eigenvalue weighted by molar-refractivity contribution is -0.119. The van der Waals surface area contributed by atoms with Gasteiger partial charge in [-0.1, -0.05) is 23.3 Å². The number of nitrogens with one attached hydrogen (secondary N) is 2. The van der Waals surface area contributed by atoms with Crippen molar-refractivity contribution in [2.24, 2.45) is 16.4 Å². The summed E-state index contributed by atoms with van der Waals surface area (Å²) < 4.78 is 5.85. The largest absolute Gasteiger partial charge is 0.491 e. The van der Waals surface area contributed by atoms with Crippen LogP contribution in [0.3, 0.4) is 0 Å².